The van der Waals surface area contributed by atoms with E-state index < -0.39 is 35.2 Å². The van der Waals surface area contributed by atoms with Crippen LogP contribution in [0.25, 0.3) is 11.1 Å². The van der Waals surface area contributed by atoms with Crippen molar-refractivity contribution >= 4 is 17.6 Å². The second-order valence-electron chi connectivity index (χ2n) is 8.60. The number of alkyl halides is 3. The maximum absolute atomic E-state index is 15.1. The summed E-state index contributed by atoms with van der Waals surface area (Å²) in [4.78, 5) is 24.9. The number of aromatic nitrogens is 2. The number of carboxylic acids is 1. The Morgan fingerprint density at radius 2 is 1.83 bits per heavy atom. The number of aromatic carboxylic acids is 1. The molecule has 0 unspecified atom stereocenters. The van der Waals surface area contributed by atoms with Gasteiger partial charge in [0.15, 0.2) is 0 Å². The lowest BCUT2D eigenvalue weighted by atomic mass is 9.94. The lowest BCUT2D eigenvalue weighted by Crippen LogP contribution is -2.28. The second kappa shape index (κ2) is 8.71. The molecule has 0 atom stereocenters. The molecule has 1 aromatic heterocycles. The molecule has 35 heavy (non-hydrogen) atoms. The number of carbonyl (C=O) groups excluding carboxylic acids is 1. The van der Waals surface area contributed by atoms with Gasteiger partial charge in [-0.1, -0.05) is 12.1 Å². The number of benzene rings is 2. The Hall–Kier alpha value is -3.89. The fourth-order valence-electron chi connectivity index (χ4n) is 3.89. The highest BCUT2D eigenvalue weighted by molar-refractivity contribution is 6.03. The molecule has 2 N–H and O–H groups in total. The predicted molar refractivity (Wildman–Crippen MR) is 118 cm³/mol. The zero-order chi connectivity index (χ0) is 25.5. The average molecular weight is 491 g/mol. The number of halogens is 4. The first-order chi connectivity index (χ1) is 16.4. The number of carbonyl (C=O) groups is 2. The maximum atomic E-state index is 15.1. The molecule has 1 heterocycles. The Balaban J connectivity index is 1.59. The Morgan fingerprint density at radius 3 is 2.34 bits per heavy atom. The normalized spacial score (nSPS) is 14.6. The van der Waals surface area contributed by atoms with Crippen LogP contribution in [0.1, 0.15) is 48.7 Å². The monoisotopic (exact) mass is 491 g/mol. The number of amides is 1. The maximum Gasteiger partial charge on any atom is 0.573 e. The first-order valence-electron chi connectivity index (χ1n) is 10.7. The van der Waals surface area contributed by atoms with E-state index in [0.717, 1.165) is 18.2 Å². The molecular formula is C24H21F4N3O4. The largest absolute Gasteiger partial charge is 0.573 e. The molecule has 3 aromatic rings. The summed E-state index contributed by atoms with van der Waals surface area (Å²) in [6.07, 6.45) is -1.06. The summed E-state index contributed by atoms with van der Waals surface area (Å²) in [5.74, 6) is -3.16. The number of nitrogens with zero attached hydrogens (tertiary/aromatic N) is 2. The summed E-state index contributed by atoms with van der Waals surface area (Å²) >= 11 is 0. The van der Waals surface area contributed by atoms with E-state index in [0.29, 0.717) is 18.4 Å². The van der Waals surface area contributed by atoms with Gasteiger partial charge in [0.05, 0.1) is 17.2 Å². The number of rotatable bonds is 7. The average Bonchev–Trinajstić information content (AvgIpc) is 3.43. The van der Waals surface area contributed by atoms with Gasteiger partial charge in [0.2, 0.25) is 5.91 Å². The number of carboxylic acid groups (broad SMARTS) is 1. The molecule has 0 saturated heterocycles. The summed E-state index contributed by atoms with van der Waals surface area (Å²) in [6, 6.07) is 7.15. The van der Waals surface area contributed by atoms with Gasteiger partial charge in [0.1, 0.15) is 11.6 Å². The minimum atomic E-state index is -4.83. The Morgan fingerprint density at radius 1 is 1.17 bits per heavy atom. The smallest absolute Gasteiger partial charge is 0.478 e. The summed E-state index contributed by atoms with van der Waals surface area (Å²) in [7, 11) is 0. The molecule has 1 aliphatic rings. The summed E-state index contributed by atoms with van der Waals surface area (Å²) < 4.78 is 57.7. The third-order valence-corrected chi connectivity index (χ3v) is 5.82. The van der Waals surface area contributed by atoms with Crippen LogP contribution in [0, 0.1) is 5.82 Å². The van der Waals surface area contributed by atoms with Crippen molar-refractivity contribution in [2.75, 3.05) is 5.32 Å². The van der Waals surface area contributed by atoms with Crippen LogP contribution in [0.4, 0.5) is 23.2 Å². The molecular weight excluding hydrogens is 470 g/mol. The number of hydrogen-bond donors (Lipinski definition) is 2. The molecule has 2 aromatic carbocycles. The first kappa shape index (κ1) is 24.2. The third-order valence-electron chi connectivity index (χ3n) is 5.82. The summed E-state index contributed by atoms with van der Waals surface area (Å²) in [5, 5.41) is 16.4. The summed E-state index contributed by atoms with van der Waals surface area (Å²) in [6.45, 7) is 3.74. The SMILES string of the molecule is CC(C)n1cc(-c2c(F)cc(NC(=O)C3(c4ccc(OC(F)(F)F)cc4)CC3)cc2C(=O)O)cn1. The van der Waals surface area contributed by atoms with E-state index >= 15 is 4.39 Å². The second-order valence-corrected chi connectivity index (χ2v) is 8.60. The molecule has 1 amide bonds. The van der Waals surface area contributed by atoms with Gasteiger partial charge in [-0.25, -0.2) is 9.18 Å². The van der Waals surface area contributed by atoms with Gasteiger partial charge >= 0.3 is 12.3 Å². The quantitative estimate of drug-likeness (QED) is 0.424. The van der Waals surface area contributed by atoms with Crippen molar-refractivity contribution in [3.63, 3.8) is 0 Å². The standard InChI is InChI=1S/C24H21F4N3O4/c1-13(2)31-12-14(11-29-31)20-18(21(32)33)9-16(10-19(20)25)30-22(34)23(7-8-23)15-3-5-17(6-4-15)35-24(26,27)28/h3-6,9-13H,7-8H2,1-2H3,(H,30,34)(H,32,33). The Bertz CT molecular complexity index is 1280. The highest BCUT2D eigenvalue weighted by Gasteiger charge is 2.51. The summed E-state index contributed by atoms with van der Waals surface area (Å²) in [5.41, 5.74) is -0.792. The van der Waals surface area contributed by atoms with Crippen LogP contribution in [0.15, 0.2) is 48.8 Å². The van der Waals surface area contributed by atoms with Crippen molar-refractivity contribution in [3.05, 3.63) is 65.7 Å². The topological polar surface area (TPSA) is 93.5 Å². The van der Waals surface area contributed by atoms with E-state index in [2.05, 4.69) is 15.2 Å². The Kier molecular flexibility index (Phi) is 6.04. The zero-order valence-electron chi connectivity index (χ0n) is 18.7. The van der Waals surface area contributed by atoms with Crippen LogP contribution in [0.3, 0.4) is 0 Å². The molecule has 11 heteroatoms. The zero-order valence-corrected chi connectivity index (χ0v) is 18.7. The molecule has 7 nitrogen and oxygen atoms in total. The molecule has 184 valence electrons. The van der Waals surface area contributed by atoms with E-state index in [9.17, 15) is 27.9 Å². The van der Waals surface area contributed by atoms with Gasteiger partial charge in [-0.3, -0.25) is 9.48 Å². The van der Waals surface area contributed by atoms with Crippen LogP contribution in [-0.4, -0.2) is 33.1 Å². The fourth-order valence-corrected chi connectivity index (χ4v) is 3.89. The van der Waals surface area contributed by atoms with E-state index in [-0.39, 0.29) is 28.4 Å². The molecule has 0 bridgehead atoms. The molecule has 0 radical (unpaired) electrons. The molecule has 1 aliphatic carbocycles. The van der Waals surface area contributed by atoms with Gasteiger partial charge in [-0.2, -0.15) is 5.10 Å². The third kappa shape index (κ3) is 4.98. The molecule has 0 spiro atoms. The molecule has 4 rings (SSSR count). The highest BCUT2D eigenvalue weighted by atomic mass is 19.4. The lowest BCUT2D eigenvalue weighted by molar-refractivity contribution is -0.274. The van der Waals surface area contributed by atoms with Gasteiger partial charge < -0.3 is 15.2 Å². The van der Waals surface area contributed by atoms with Crippen LogP contribution in [0.2, 0.25) is 0 Å². The molecule has 0 aliphatic heterocycles. The van der Waals surface area contributed by atoms with Crippen molar-refractivity contribution in [2.24, 2.45) is 0 Å². The van der Waals surface area contributed by atoms with Crippen molar-refractivity contribution in [1.82, 2.24) is 9.78 Å². The van der Waals surface area contributed by atoms with E-state index in [4.69, 9.17) is 0 Å². The van der Waals surface area contributed by atoms with Crippen LogP contribution in [0.5, 0.6) is 5.75 Å². The Labute approximate surface area is 197 Å². The van der Waals surface area contributed by atoms with E-state index in [1.807, 2.05) is 13.8 Å². The van der Waals surface area contributed by atoms with Crippen molar-refractivity contribution in [1.29, 1.82) is 0 Å². The number of ether oxygens (including phenoxy) is 1. The minimum absolute atomic E-state index is 0.0116. The number of hydrogen-bond acceptors (Lipinski definition) is 4. The van der Waals surface area contributed by atoms with Gasteiger partial charge in [0.25, 0.3) is 0 Å². The number of anilines is 1. The van der Waals surface area contributed by atoms with Crippen molar-refractivity contribution < 1.29 is 37.0 Å². The van der Waals surface area contributed by atoms with E-state index in [1.165, 1.54) is 24.4 Å². The van der Waals surface area contributed by atoms with Crippen LogP contribution >= 0.6 is 0 Å². The minimum Gasteiger partial charge on any atom is -0.478 e. The van der Waals surface area contributed by atoms with E-state index in [1.54, 1.807) is 10.9 Å². The van der Waals surface area contributed by atoms with Crippen LogP contribution in [-0.2, 0) is 10.2 Å². The number of nitrogens with one attached hydrogen (secondary N) is 1. The first-order valence-corrected chi connectivity index (χ1v) is 10.7. The van der Waals surface area contributed by atoms with Crippen LogP contribution < -0.4 is 10.1 Å². The fraction of sp³-hybridized carbons (Fsp3) is 0.292. The van der Waals surface area contributed by atoms with Gasteiger partial charge in [0, 0.05) is 29.1 Å². The predicted octanol–water partition coefficient (Wildman–Crippen LogP) is 5.54. The lowest BCUT2D eigenvalue weighted by Gasteiger charge is -2.18. The van der Waals surface area contributed by atoms with Gasteiger partial charge in [-0.15, -0.1) is 13.2 Å². The highest BCUT2D eigenvalue weighted by Crippen LogP contribution is 2.49. The van der Waals surface area contributed by atoms with Gasteiger partial charge in [-0.05, 0) is 56.5 Å². The van der Waals surface area contributed by atoms with Crippen molar-refractivity contribution in [2.45, 2.75) is 44.5 Å². The molecule has 1 fully saturated rings. The van der Waals surface area contributed by atoms with Crippen molar-refractivity contribution in [3.8, 4) is 16.9 Å². The molecule has 1 saturated carbocycles.